The SMILES string of the molecule is COc1ccc(CN=C(NCCOc2ccccc2)NCc2nnc(C)n2C)cc1.I. The molecule has 31 heavy (non-hydrogen) atoms. The summed E-state index contributed by atoms with van der Waals surface area (Å²) in [4.78, 5) is 4.69. The second-order valence-electron chi connectivity index (χ2n) is 6.68. The summed E-state index contributed by atoms with van der Waals surface area (Å²) < 4.78 is 12.9. The number of halogens is 1. The standard InChI is InChI=1S/C22H28N6O2.HI/c1-17-26-27-21(28(17)2)16-25-22(23-13-14-30-20-7-5-4-6-8-20)24-15-18-9-11-19(29-3)12-10-18;/h4-12H,13-16H2,1-3H3,(H2,23,24,25);1H. The first kappa shape index (κ1) is 24.4. The molecule has 0 atom stereocenters. The van der Waals surface area contributed by atoms with E-state index in [2.05, 4.69) is 25.8 Å². The van der Waals surface area contributed by atoms with E-state index < -0.39 is 0 Å². The summed E-state index contributed by atoms with van der Waals surface area (Å²) in [6, 6.07) is 17.6. The minimum Gasteiger partial charge on any atom is -0.497 e. The van der Waals surface area contributed by atoms with Crippen LogP contribution in [0.25, 0.3) is 0 Å². The first-order valence-electron chi connectivity index (χ1n) is 9.83. The lowest BCUT2D eigenvalue weighted by Crippen LogP contribution is -2.39. The Balaban J connectivity index is 0.00000341. The lowest BCUT2D eigenvalue weighted by molar-refractivity contribution is 0.322. The van der Waals surface area contributed by atoms with Crippen LogP contribution in [0.2, 0.25) is 0 Å². The highest BCUT2D eigenvalue weighted by Gasteiger charge is 2.06. The van der Waals surface area contributed by atoms with Gasteiger partial charge in [0.25, 0.3) is 0 Å². The van der Waals surface area contributed by atoms with Crippen molar-refractivity contribution < 1.29 is 9.47 Å². The molecule has 0 fully saturated rings. The smallest absolute Gasteiger partial charge is 0.192 e. The molecule has 3 aromatic rings. The molecule has 2 N–H and O–H groups in total. The highest BCUT2D eigenvalue weighted by Crippen LogP contribution is 2.12. The molecule has 0 aliphatic rings. The van der Waals surface area contributed by atoms with Crippen molar-refractivity contribution in [3.63, 3.8) is 0 Å². The lowest BCUT2D eigenvalue weighted by atomic mass is 10.2. The summed E-state index contributed by atoms with van der Waals surface area (Å²) in [5.74, 6) is 4.07. The third-order valence-electron chi connectivity index (χ3n) is 4.58. The van der Waals surface area contributed by atoms with Crippen molar-refractivity contribution in [3.05, 3.63) is 71.8 Å². The van der Waals surface area contributed by atoms with Gasteiger partial charge in [0.15, 0.2) is 11.8 Å². The second kappa shape index (κ2) is 12.8. The monoisotopic (exact) mass is 536 g/mol. The number of aromatic nitrogens is 3. The van der Waals surface area contributed by atoms with Crippen molar-refractivity contribution in [2.45, 2.75) is 20.0 Å². The van der Waals surface area contributed by atoms with Crippen molar-refractivity contribution in [2.24, 2.45) is 12.0 Å². The van der Waals surface area contributed by atoms with Gasteiger partial charge in [-0.1, -0.05) is 30.3 Å². The average Bonchev–Trinajstić information content (AvgIpc) is 3.11. The fourth-order valence-corrected chi connectivity index (χ4v) is 2.70. The van der Waals surface area contributed by atoms with Crippen molar-refractivity contribution in [1.29, 1.82) is 0 Å². The Kier molecular flexibility index (Phi) is 10.1. The quantitative estimate of drug-likeness (QED) is 0.189. The number of aryl methyl sites for hydroxylation is 1. The molecule has 1 heterocycles. The topological polar surface area (TPSA) is 85.6 Å². The van der Waals surface area contributed by atoms with Crippen LogP contribution in [0.5, 0.6) is 11.5 Å². The number of nitrogens with zero attached hydrogens (tertiary/aromatic N) is 4. The van der Waals surface area contributed by atoms with Gasteiger partial charge < -0.3 is 24.7 Å². The summed E-state index contributed by atoms with van der Waals surface area (Å²) in [5.41, 5.74) is 1.09. The van der Waals surface area contributed by atoms with Gasteiger partial charge in [0, 0.05) is 7.05 Å². The zero-order valence-electron chi connectivity index (χ0n) is 18.0. The van der Waals surface area contributed by atoms with Crippen LogP contribution in [-0.4, -0.2) is 41.0 Å². The van der Waals surface area contributed by atoms with Gasteiger partial charge in [-0.05, 0) is 36.8 Å². The molecule has 3 rings (SSSR count). The minimum absolute atomic E-state index is 0. The Labute approximate surface area is 200 Å². The van der Waals surface area contributed by atoms with Crippen LogP contribution in [0.4, 0.5) is 0 Å². The van der Waals surface area contributed by atoms with Crippen molar-refractivity contribution in [1.82, 2.24) is 25.4 Å². The van der Waals surface area contributed by atoms with Gasteiger partial charge in [-0.2, -0.15) is 0 Å². The average molecular weight is 536 g/mol. The molecule has 0 unspecified atom stereocenters. The number of aliphatic imine (C=N–C) groups is 1. The van der Waals surface area contributed by atoms with Crippen LogP contribution in [0.3, 0.4) is 0 Å². The van der Waals surface area contributed by atoms with E-state index in [9.17, 15) is 0 Å². The molecule has 0 saturated heterocycles. The third-order valence-corrected chi connectivity index (χ3v) is 4.58. The lowest BCUT2D eigenvalue weighted by Gasteiger charge is -2.13. The number of methoxy groups -OCH3 is 1. The van der Waals surface area contributed by atoms with Gasteiger partial charge in [-0.15, -0.1) is 34.2 Å². The predicted octanol–water partition coefficient (Wildman–Crippen LogP) is 3.06. The molecule has 0 saturated carbocycles. The highest BCUT2D eigenvalue weighted by molar-refractivity contribution is 14.0. The molecular formula is C22H29IN6O2. The minimum atomic E-state index is 0. The van der Waals surface area contributed by atoms with Gasteiger partial charge in [0.2, 0.25) is 0 Å². The summed E-state index contributed by atoms with van der Waals surface area (Å²) in [6.07, 6.45) is 0. The maximum atomic E-state index is 5.74. The van der Waals surface area contributed by atoms with Crippen LogP contribution in [0, 0.1) is 6.92 Å². The number of benzene rings is 2. The maximum Gasteiger partial charge on any atom is 0.192 e. The molecule has 0 spiro atoms. The van der Waals surface area contributed by atoms with Crippen LogP contribution in [-0.2, 0) is 20.1 Å². The summed E-state index contributed by atoms with van der Waals surface area (Å²) in [7, 11) is 3.60. The molecular weight excluding hydrogens is 507 g/mol. The fraction of sp³-hybridized carbons (Fsp3) is 0.318. The van der Waals surface area contributed by atoms with Crippen molar-refractivity contribution in [2.75, 3.05) is 20.3 Å². The summed E-state index contributed by atoms with van der Waals surface area (Å²) >= 11 is 0. The van der Waals surface area contributed by atoms with E-state index in [0.717, 1.165) is 28.7 Å². The largest absolute Gasteiger partial charge is 0.497 e. The fourth-order valence-electron chi connectivity index (χ4n) is 2.70. The Morgan fingerprint density at radius 3 is 2.39 bits per heavy atom. The van der Waals surface area contributed by atoms with E-state index in [0.29, 0.717) is 32.2 Å². The van der Waals surface area contributed by atoms with Crippen LogP contribution in [0.15, 0.2) is 59.6 Å². The first-order valence-corrected chi connectivity index (χ1v) is 9.83. The zero-order valence-corrected chi connectivity index (χ0v) is 20.4. The Bertz CT molecular complexity index is 944. The first-order chi connectivity index (χ1) is 14.7. The Morgan fingerprint density at radius 1 is 1.00 bits per heavy atom. The van der Waals surface area contributed by atoms with E-state index in [1.807, 2.05) is 73.1 Å². The van der Waals surface area contributed by atoms with E-state index in [-0.39, 0.29) is 24.0 Å². The van der Waals surface area contributed by atoms with Gasteiger partial charge in [-0.25, -0.2) is 4.99 Å². The van der Waals surface area contributed by atoms with Crippen molar-refractivity contribution >= 4 is 29.9 Å². The normalized spacial score (nSPS) is 10.9. The number of guanidine groups is 1. The molecule has 0 aliphatic carbocycles. The predicted molar refractivity (Wildman–Crippen MR) is 132 cm³/mol. The van der Waals surface area contributed by atoms with Crippen molar-refractivity contribution in [3.8, 4) is 11.5 Å². The Hall–Kier alpha value is -2.82. The van der Waals surface area contributed by atoms with Gasteiger partial charge in [0.1, 0.15) is 23.9 Å². The van der Waals surface area contributed by atoms with E-state index in [1.54, 1.807) is 7.11 Å². The van der Waals surface area contributed by atoms with Gasteiger partial charge in [-0.3, -0.25) is 0 Å². The molecule has 0 radical (unpaired) electrons. The van der Waals surface area contributed by atoms with Crippen LogP contribution < -0.4 is 20.1 Å². The zero-order chi connectivity index (χ0) is 21.2. The number of rotatable bonds is 9. The molecule has 2 aromatic carbocycles. The van der Waals surface area contributed by atoms with Crippen LogP contribution >= 0.6 is 24.0 Å². The Morgan fingerprint density at radius 2 is 1.74 bits per heavy atom. The molecule has 0 aliphatic heterocycles. The van der Waals surface area contributed by atoms with E-state index in [1.165, 1.54) is 0 Å². The van der Waals surface area contributed by atoms with Crippen LogP contribution in [0.1, 0.15) is 17.2 Å². The van der Waals surface area contributed by atoms with Gasteiger partial charge in [0.05, 0.1) is 26.7 Å². The third kappa shape index (κ3) is 7.74. The summed E-state index contributed by atoms with van der Waals surface area (Å²) in [5, 5.41) is 14.9. The second-order valence-corrected chi connectivity index (χ2v) is 6.68. The van der Waals surface area contributed by atoms with E-state index >= 15 is 0 Å². The molecule has 9 heteroatoms. The highest BCUT2D eigenvalue weighted by atomic mass is 127. The number of ether oxygens (including phenoxy) is 2. The number of hydrogen-bond donors (Lipinski definition) is 2. The molecule has 166 valence electrons. The molecule has 0 bridgehead atoms. The van der Waals surface area contributed by atoms with E-state index in [4.69, 9.17) is 9.47 Å². The molecule has 0 amide bonds. The maximum absolute atomic E-state index is 5.74. The number of hydrogen-bond acceptors (Lipinski definition) is 5. The number of nitrogens with one attached hydrogen (secondary N) is 2. The molecule has 1 aromatic heterocycles. The van der Waals surface area contributed by atoms with Gasteiger partial charge >= 0.3 is 0 Å². The molecule has 8 nitrogen and oxygen atoms in total. The number of para-hydroxylation sites is 1. The summed E-state index contributed by atoms with van der Waals surface area (Å²) in [6.45, 7) is 4.12.